The van der Waals surface area contributed by atoms with Crippen molar-refractivity contribution in [1.82, 2.24) is 9.55 Å². The molecule has 2 N–H and O–H groups in total. The van der Waals surface area contributed by atoms with Gasteiger partial charge in [0, 0.05) is 18.8 Å². The number of hydrogen-bond acceptors (Lipinski definition) is 3. The maximum atomic E-state index is 13.9. The summed E-state index contributed by atoms with van der Waals surface area (Å²) in [6, 6.07) is 2.61. The zero-order valence-corrected chi connectivity index (χ0v) is 11.5. The Labute approximate surface area is 119 Å². The SMILES string of the molecule is COc1ccc(-c2cn(C)c(C(N)=O)n2)c(F)c1F.Cl. The third-order valence-electron chi connectivity index (χ3n) is 2.64. The first-order chi connectivity index (χ1) is 8.95. The van der Waals surface area contributed by atoms with Gasteiger partial charge in [-0.15, -0.1) is 12.4 Å². The minimum absolute atomic E-state index is 0. The first-order valence-electron chi connectivity index (χ1n) is 5.31. The number of benzene rings is 1. The predicted molar refractivity (Wildman–Crippen MR) is 70.9 cm³/mol. The Hall–Kier alpha value is -2.15. The number of nitrogens with two attached hydrogens (primary N) is 1. The maximum Gasteiger partial charge on any atom is 0.284 e. The van der Waals surface area contributed by atoms with Gasteiger partial charge in [-0.3, -0.25) is 4.79 Å². The number of nitrogens with zero attached hydrogens (tertiary/aromatic N) is 2. The molecule has 2 aromatic rings. The van der Waals surface area contributed by atoms with Crippen LogP contribution in [0.25, 0.3) is 11.3 Å². The molecule has 0 aliphatic heterocycles. The largest absolute Gasteiger partial charge is 0.494 e. The van der Waals surface area contributed by atoms with E-state index in [1.165, 1.54) is 37.1 Å². The van der Waals surface area contributed by atoms with Crippen LogP contribution in [-0.2, 0) is 7.05 Å². The van der Waals surface area contributed by atoms with Crippen molar-refractivity contribution in [2.75, 3.05) is 7.11 Å². The molecule has 0 unspecified atom stereocenters. The van der Waals surface area contributed by atoms with Gasteiger partial charge in [0.1, 0.15) is 0 Å². The normalized spacial score (nSPS) is 10.0. The van der Waals surface area contributed by atoms with Crippen LogP contribution in [-0.4, -0.2) is 22.6 Å². The molecular weight excluding hydrogens is 292 g/mol. The van der Waals surface area contributed by atoms with Gasteiger partial charge in [0.2, 0.25) is 5.82 Å². The Morgan fingerprint density at radius 1 is 1.35 bits per heavy atom. The van der Waals surface area contributed by atoms with Crippen molar-refractivity contribution in [2.45, 2.75) is 0 Å². The van der Waals surface area contributed by atoms with Crippen LogP contribution in [0.15, 0.2) is 18.3 Å². The molecule has 1 aromatic heterocycles. The summed E-state index contributed by atoms with van der Waals surface area (Å²) in [6.45, 7) is 0. The van der Waals surface area contributed by atoms with Crippen LogP contribution in [0.3, 0.4) is 0 Å². The smallest absolute Gasteiger partial charge is 0.284 e. The quantitative estimate of drug-likeness (QED) is 0.941. The Morgan fingerprint density at radius 2 is 2.00 bits per heavy atom. The number of ether oxygens (including phenoxy) is 1. The summed E-state index contributed by atoms with van der Waals surface area (Å²) in [7, 11) is 2.78. The van der Waals surface area contributed by atoms with E-state index in [1.54, 1.807) is 0 Å². The summed E-state index contributed by atoms with van der Waals surface area (Å²) in [5, 5.41) is 0. The maximum absolute atomic E-state index is 13.9. The second-order valence-electron chi connectivity index (χ2n) is 3.87. The molecule has 1 amide bonds. The van der Waals surface area contributed by atoms with Gasteiger partial charge >= 0.3 is 0 Å². The number of hydrogen-bond donors (Lipinski definition) is 1. The van der Waals surface area contributed by atoms with Crippen molar-refractivity contribution in [2.24, 2.45) is 12.8 Å². The summed E-state index contributed by atoms with van der Waals surface area (Å²) in [5.74, 6) is -3.18. The van der Waals surface area contributed by atoms with Crippen LogP contribution in [0.2, 0.25) is 0 Å². The monoisotopic (exact) mass is 303 g/mol. The predicted octanol–water partition coefficient (Wildman–Crippen LogP) is 1.89. The fraction of sp³-hybridized carbons (Fsp3) is 0.167. The molecule has 0 fully saturated rings. The number of imidazole rings is 1. The molecule has 1 aromatic carbocycles. The molecule has 0 bridgehead atoms. The second kappa shape index (κ2) is 5.87. The fourth-order valence-corrected chi connectivity index (χ4v) is 1.71. The van der Waals surface area contributed by atoms with Crippen molar-refractivity contribution < 1.29 is 18.3 Å². The molecule has 0 aliphatic carbocycles. The molecule has 0 atom stereocenters. The highest BCUT2D eigenvalue weighted by Crippen LogP contribution is 2.28. The van der Waals surface area contributed by atoms with Crippen molar-refractivity contribution in [1.29, 1.82) is 0 Å². The number of amides is 1. The topological polar surface area (TPSA) is 70.1 Å². The van der Waals surface area contributed by atoms with Crippen molar-refractivity contribution in [3.05, 3.63) is 35.8 Å². The molecule has 5 nitrogen and oxygen atoms in total. The Balaban J connectivity index is 0.00000200. The minimum atomic E-state index is -1.11. The highest BCUT2D eigenvalue weighted by atomic mass is 35.5. The number of halogens is 3. The third kappa shape index (κ3) is 2.57. The number of carbonyl (C=O) groups is 1. The lowest BCUT2D eigenvalue weighted by molar-refractivity contribution is 0.0987. The number of aryl methyl sites for hydroxylation is 1. The van der Waals surface area contributed by atoms with E-state index in [0.717, 1.165) is 0 Å². The van der Waals surface area contributed by atoms with E-state index in [-0.39, 0.29) is 35.2 Å². The van der Waals surface area contributed by atoms with Crippen molar-refractivity contribution in [3.63, 3.8) is 0 Å². The van der Waals surface area contributed by atoms with Gasteiger partial charge < -0.3 is 15.0 Å². The van der Waals surface area contributed by atoms with E-state index in [2.05, 4.69) is 9.72 Å². The number of primary amides is 1. The van der Waals surface area contributed by atoms with Crippen LogP contribution in [0.4, 0.5) is 8.78 Å². The fourth-order valence-electron chi connectivity index (χ4n) is 1.71. The van der Waals surface area contributed by atoms with Crippen LogP contribution < -0.4 is 10.5 Å². The molecular formula is C12H12ClF2N3O2. The highest BCUT2D eigenvalue weighted by Gasteiger charge is 2.19. The summed E-state index contributed by atoms with van der Waals surface area (Å²) >= 11 is 0. The standard InChI is InChI=1S/C12H11F2N3O2.ClH/c1-17-5-7(16-12(17)11(15)18)6-3-4-8(19-2)10(14)9(6)13;/h3-5H,1-2H3,(H2,15,18);1H. The highest BCUT2D eigenvalue weighted by molar-refractivity contribution is 5.90. The van der Waals surface area contributed by atoms with E-state index < -0.39 is 17.5 Å². The van der Waals surface area contributed by atoms with Crippen LogP contribution >= 0.6 is 12.4 Å². The molecule has 20 heavy (non-hydrogen) atoms. The van der Waals surface area contributed by atoms with Gasteiger partial charge in [-0.05, 0) is 12.1 Å². The Bertz CT molecular complexity index is 658. The molecule has 2 rings (SSSR count). The first-order valence-corrected chi connectivity index (χ1v) is 5.31. The van der Waals surface area contributed by atoms with Crippen LogP contribution in [0.1, 0.15) is 10.6 Å². The van der Waals surface area contributed by atoms with Crippen molar-refractivity contribution in [3.8, 4) is 17.0 Å². The lowest BCUT2D eigenvalue weighted by Crippen LogP contribution is -2.16. The average Bonchev–Trinajstić information content (AvgIpc) is 2.74. The third-order valence-corrected chi connectivity index (χ3v) is 2.64. The van der Waals surface area contributed by atoms with Crippen molar-refractivity contribution >= 4 is 18.3 Å². The molecule has 0 saturated heterocycles. The van der Waals surface area contributed by atoms with Gasteiger partial charge in [0.25, 0.3) is 5.91 Å². The summed E-state index contributed by atoms with van der Waals surface area (Å²) in [6.07, 6.45) is 1.39. The molecule has 108 valence electrons. The van der Waals surface area contributed by atoms with Gasteiger partial charge in [0.15, 0.2) is 17.4 Å². The zero-order valence-electron chi connectivity index (χ0n) is 10.7. The lowest BCUT2D eigenvalue weighted by Gasteiger charge is -2.05. The number of methoxy groups -OCH3 is 1. The molecule has 1 heterocycles. The molecule has 0 radical (unpaired) electrons. The first kappa shape index (κ1) is 15.9. The van der Waals surface area contributed by atoms with E-state index in [4.69, 9.17) is 5.73 Å². The molecule has 0 saturated carbocycles. The molecule has 0 spiro atoms. The van der Waals surface area contributed by atoms with Gasteiger partial charge in [-0.25, -0.2) is 9.37 Å². The molecule has 8 heteroatoms. The van der Waals surface area contributed by atoms with Gasteiger partial charge in [-0.2, -0.15) is 4.39 Å². The lowest BCUT2D eigenvalue weighted by atomic mass is 10.1. The Morgan fingerprint density at radius 3 is 2.50 bits per heavy atom. The number of carbonyl (C=O) groups excluding carboxylic acids is 1. The van der Waals surface area contributed by atoms with E-state index in [9.17, 15) is 13.6 Å². The van der Waals surface area contributed by atoms with Crippen LogP contribution in [0.5, 0.6) is 5.75 Å². The summed E-state index contributed by atoms with van der Waals surface area (Å²) in [4.78, 5) is 14.9. The van der Waals surface area contributed by atoms with E-state index >= 15 is 0 Å². The van der Waals surface area contributed by atoms with E-state index in [0.29, 0.717) is 0 Å². The summed E-state index contributed by atoms with van der Waals surface area (Å²) in [5.41, 5.74) is 5.16. The number of rotatable bonds is 3. The van der Waals surface area contributed by atoms with Gasteiger partial charge in [0.05, 0.1) is 12.8 Å². The van der Waals surface area contributed by atoms with Gasteiger partial charge in [-0.1, -0.05) is 0 Å². The second-order valence-corrected chi connectivity index (χ2v) is 3.87. The average molecular weight is 304 g/mol. The Kier molecular flexibility index (Phi) is 4.67. The summed E-state index contributed by atoms with van der Waals surface area (Å²) < 4.78 is 33.5. The molecule has 0 aliphatic rings. The van der Waals surface area contributed by atoms with E-state index in [1.807, 2.05) is 0 Å². The zero-order chi connectivity index (χ0) is 14.2. The number of aromatic nitrogens is 2. The minimum Gasteiger partial charge on any atom is -0.494 e. The van der Waals surface area contributed by atoms with Crippen LogP contribution in [0, 0.1) is 11.6 Å².